The minimum Gasteiger partial charge on any atom is -0.384 e. The van der Waals surface area contributed by atoms with Crippen LogP contribution in [-0.4, -0.2) is 19.3 Å². The molecule has 3 aromatic heterocycles. The Bertz CT molecular complexity index is 1300. The van der Waals surface area contributed by atoms with Crippen molar-refractivity contribution in [2.75, 3.05) is 5.73 Å². The number of hydrogen-bond acceptors (Lipinski definition) is 4. The van der Waals surface area contributed by atoms with Gasteiger partial charge in [-0.3, -0.25) is 9.98 Å². The van der Waals surface area contributed by atoms with Gasteiger partial charge in [0.05, 0.1) is 41.2 Å². The molecule has 0 radical (unpaired) electrons. The molecule has 2 N–H and O–H groups in total. The summed E-state index contributed by atoms with van der Waals surface area (Å²) in [7, 11) is 2.14. The number of benzene rings is 1. The van der Waals surface area contributed by atoms with Gasteiger partial charge in [0.25, 0.3) is 0 Å². The van der Waals surface area contributed by atoms with Crippen LogP contribution in [0.5, 0.6) is 0 Å². The van der Waals surface area contributed by atoms with E-state index in [0.717, 1.165) is 18.5 Å². The normalized spacial score (nSPS) is 12.1. The van der Waals surface area contributed by atoms with Crippen LogP contribution in [0, 0.1) is 5.82 Å². The molecule has 4 rings (SSSR count). The van der Waals surface area contributed by atoms with Crippen molar-refractivity contribution in [3.63, 3.8) is 0 Å². The van der Waals surface area contributed by atoms with Gasteiger partial charge in [0.2, 0.25) is 0 Å². The SMILES string of the molecule is CCCCc1c(CC)c2ccc(-n3ncc(=NCc4ccc(F)cn4)cc3N)cc2n1C. The van der Waals surface area contributed by atoms with Gasteiger partial charge < -0.3 is 10.3 Å². The average molecular weight is 433 g/mol. The number of rotatable bonds is 7. The van der Waals surface area contributed by atoms with Gasteiger partial charge in [-0.15, -0.1) is 0 Å². The van der Waals surface area contributed by atoms with Crippen LogP contribution in [0.2, 0.25) is 0 Å². The van der Waals surface area contributed by atoms with Gasteiger partial charge >= 0.3 is 0 Å². The maximum Gasteiger partial charge on any atom is 0.141 e. The molecule has 0 spiro atoms. The van der Waals surface area contributed by atoms with E-state index in [1.54, 1.807) is 23.0 Å². The van der Waals surface area contributed by atoms with Crippen molar-refractivity contribution in [3.05, 3.63) is 76.9 Å². The number of nitrogens with zero attached hydrogens (tertiary/aromatic N) is 5. The van der Waals surface area contributed by atoms with Crippen LogP contribution < -0.4 is 11.1 Å². The number of unbranched alkanes of at least 4 members (excludes halogenated alkanes) is 1. The topological polar surface area (TPSA) is 74.0 Å². The predicted molar refractivity (Wildman–Crippen MR) is 126 cm³/mol. The molecule has 0 amide bonds. The van der Waals surface area contributed by atoms with Gasteiger partial charge in [-0.25, -0.2) is 9.07 Å². The Labute approximate surface area is 187 Å². The van der Waals surface area contributed by atoms with E-state index in [9.17, 15) is 4.39 Å². The van der Waals surface area contributed by atoms with E-state index >= 15 is 0 Å². The first-order valence-electron chi connectivity index (χ1n) is 11.1. The molecule has 0 atom stereocenters. The number of nitrogen functional groups attached to an aromatic ring is 1. The van der Waals surface area contributed by atoms with Gasteiger partial charge in [0.1, 0.15) is 11.6 Å². The van der Waals surface area contributed by atoms with Crippen LogP contribution in [0.3, 0.4) is 0 Å². The van der Waals surface area contributed by atoms with Crippen molar-refractivity contribution in [1.82, 2.24) is 19.3 Å². The lowest BCUT2D eigenvalue weighted by Gasteiger charge is -2.10. The number of anilines is 1. The van der Waals surface area contributed by atoms with Crippen LogP contribution in [0.4, 0.5) is 10.2 Å². The summed E-state index contributed by atoms with van der Waals surface area (Å²) >= 11 is 0. The molecule has 0 fully saturated rings. The van der Waals surface area contributed by atoms with Crippen molar-refractivity contribution in [1.29, 1.82) is 0 Å². The first kappa shape index (κ1) is 21.7. The van der Waals surface area contributed by atoms with Crippen molar-refractivity contribution in [2.45, 2.75) is 46.1 Å². The van der Waals surface area contributed by atoms with Crippen molar-refractivity contribution in [3.8, 4) is 5.69 Å². The highest BCUT2D eigenvalue weighted by atomic mass is 19.1. The second-order valence-corrected chi connectivity index (χ2v) is 7.98. The van der Waals surface area contributed by atoms with Gasteiger partial charge in [-0.2, -0.15) is 5.10 Å². The number of nitrogens with two attached hydrogens (primary N) is 1. The lowest BCUT2D eigenvalue weighted by Crippen LogP contribution is -2.14. The Morgan fingerprint density at radius 2 is 1.94 bits per heavy atom. The lowest BCUT2D eigenvalue weighted by molar-refractivity contribution is 0.619. The molecule has 0 aliphatic heterocycles. The number of hydrogen-bond donors (Lipinski definition) is 1. The first-order chi connectivity index (χ1) is 15.5. The molecule has 166 valence electrons. The standard InChI is InChI=1S/C25H29FN6/c1-4-6-7-23-21(5-2)22-11-10-20(13-24(22)31(23)3)32-25(27)12-19(16-30-32)29-15-18-9-8-17(26)14-28-18/h8-14,16H,4-7,15,27H2,1-3H3. The average Bonchev–Trinajstić information content (AvgIpc) is 3.07. The maximum atomic E-state index is 13.0. The summed E-state index contributed by atoms with van der Waals surface area (Å²) < 4.78 is 17.0. The zero-order valence-corrected chi connectivity index (χ0v) is 18.8. The molecule has 0 saturated heterocycles. The fraction of sp³-hybridized carbons (Fsp3) is 0.320. The summed E-state index contributed by atoms with van der Waals surface area (Å²) in [5, 5.41) is 6.47. The fourth-order valence-corrected chi connectivity index (χ4v) is 4.15. The third-order valence-electron chi connectivity index (χ3n) is 5.84. The fourth-order valence-electron chi connectivity index (χ4n) is 4.15. The maximum absolute atomic E-state index is 13.0. The van der Waals surface area contributed by atoms with Gasteiger partial charge in [-0.1, -0.05) is 26.3 Å². The third kappa shape index (κ3) is 4.28. The number of aromatic nitrogens is 4. The Balaban J connectivity index is 1.67. The molecule has 0 bridgehead atoms. The second-order valence-electron chi connectivity index (χ2n) is 7.98. The van der Waals surface area contributed by atoms with Crippen molar-refractivity contribution in [2.24, 2.45) is 12.0 Å². The summed E-state index contributed by atoms with van der Waals surface area (Å²) in [6.07, 6.45) is 7.34. The molecular formula is C25H29FN6. The Kier molecular flexibility index (Phi) is 6.35. The largest absolute Gasteiger partial charge is 0.384 e. The van der Waals surface area contributed by atoms with Gasteiger partial charge in [0, 0.05) is 24.2 Å². The highest BCUT2D eigenvalue weighted by Gasteiger charge is 2.14. The summed E-state index contributed by atoms with van der Waals surface area (Å²) in [6.45, 7) is 4.78. The predicted octanol–water partition coefficient (Wildman–Crippen LogP) is 4.49. The zero-order chi connectivity index (χ0) is 22.7. The van der Waals surface area contributed by atoms with E-state index in [1.807, 2.05) is 0 Å². The quantitative estimate of drug-likeness (QED) is 0.468. The number of halogens is 1. The van der Waals surface area contributed by atoms with Crippen LogP contribution in [0.1, 0.15) is 43.6 Å². The second kappa shape index (κ2) is 9.34. The molecule has 0 aliphatic rings. The Morgan fingerprint density at radius 3 is 2.62 bits per heavy atom. The summed E-state index contributed by atoms with van der Waals surface area (Å²) in [5.41, 5.74) is 11.9. The van der Waals surface area contributed by atoms with Crippen LogP contribution in [0.25, 0.3) is 16.6 Å². The number of pyridine rings is 1. The molecule has 0 saturated carbocycles. The molecule has 4 aromatic rings. The van der Waals surface area contributed by atoms with E-state index < -0.39 is 0 Å². The molecular weight excluding hydrogens is 403 g/mol. The Morgan fingerprint density at radius 1 is 1.09 bits per heavy atom. The lowest BCUT2D eigenvalue weighted by atomic mass is 10.0. The molecule has 3 heterocycles. The highest BCUT2D eigenvalue weighted by molar-refractivity contribution is 5.87. The van der Waals surface area contributed by atoms with Gasteiger partial charge in [-0.05, 0) is 49.1 Å². The molecule has 6 nitrogen and oxygen atoms in total. The van der Waals surface area contributed by atoms with E-state index in [0.29, 0.717) is 23.4 Å². The van der Waals surface area contributed by atoms with Crippen LogP contribution >= 0.6 is 0 Å². The molecule has 0 aliphatic carbocycles. The molecule has 1 aromatic carbocycles. The number of aryl methyl sites for hydroxylation is 2. The minimum absolute atomic E-state index is 0.334. The Hall–Kier alpha value is -3.48. The smallest absolute Gasteiger partial charge is 0.141 e. The zero-order valence-electron chi connectivity index (χ0n) is 18.8. The van der Waals surface area contributed by atoms with E-state index in [2.05, 4.69) is 58.7 Å². The minimum atomic E-state index is -0.362. The van der Waals surface area contributed by atoms with E-state index in [1.165, 1.54) is 47.3 Å². The summed E-state index contributed by atoms with van der Waals surface area (Å²) in [5.74, 6) is 0.132. The number of fused-ring (bicyclic) bond motifs is 1. The molecule has 32 heavy (non-hydrogen) atoms. The highest BCUT2D eigenvalue weighted by Crippen LogP contribution is 2.29. The van der Waals surface area contributed by atoms with Crippen molar-refractivity contribution < 1.29 is 4.39 Å². The van der Waals surface area contributed by atoms with Crippen LogP contribution in [-0.2, 0) is 26.4 Å². The van der Waals surface area contributed by atoms with Crippen LogP contribution in [0.15, 0.2) is 53.8 Å². The first-order valence-corrected chi connectivity index (χ1v) is 11.1. The summed E-state index contributed by atoms with van der Waals surface area (Å²) in [6, 6.07) is 11.2. The molecule has 7 heteroatoms. The van der Waals surface area contributed by atoms with Crippen molar-refractivity contribution >= 4 is 16.7 Å². The third-order valence-corrected chi connectivity index (χ3v) is 5.84. The summed E-state index contributed by atoms with van der Waals surface area (Å²) in [4.78, 5) is 8.50. The monoisotopic (exact) mass is 432 g/mol. The van der Waals surface area contributed by atoms with E-state index in [4.69, 9.17) is 5.73 Å². The van der Waals surface area contributed by atoms with Gasteiger partial charge in [0.15, 0.2) is 0 Å². The van der Waals surface area contributed by atoms with E-state index in [-0.39, 0.29) is 5.82 Å². The molecule has 0 unspecified atom stereocenters.